The van der Waals surface area contributed by atoms with Gasteiger partial charge in [-0.1, -0.05) is 18.6 Å². The highest BCUT2D eigenvalue weighted by Gasteiger charge is 2.37. The van der Waals surface area contributed by atoms with Crippen LogP contribution in [0.1, 0.15) is 41.6 Å². The van der Waals surface area contributed by atoms with Gasteiger partial charge in [-0.2, -0.15) is 0 Å². The number of fused-ring (bicyclic) bond motifs is 5. The summed E-state index contributed by atoms with van der Waals surface area (Å²) in [6.07, 6.45) is 3.21. The lowest BCUT2D eigenvalue weighted by atomic mass is 9.83. The monoisotopic (exact) mass is 566 g/mol. The van der Waals surface area contributed by atoms with Crippen molar-refractivity contribution in [1.29, 1.82) is 0 Å². The quantitative estimate of drug-likeness (QED) is 0.475. The highest BCUT2D eigenvalue weighted by Crippen LogP contribution is 2.31. The molecule has 2 aromatic rings. The van der Waals surface area contributed by atoms with Crippen LogP contribution in [0.4, 0.5) is 4.79 Å². The average molecular weight is 567 g/mol. The van der Waals surface area contributed by atoms with Gasteiger partial charge < -0.3 is 39.8 Å². The second-order valence-electron chi connectivity index (χ2n) is 10.6. The van der Waals surface area contributed by atoms with Crippen molar-refractivity contribution in [2.45, 2.75) is 44.4 Å². The Balaban J connectivity index is 1.36. The molecule has 2 atom stereocenters. The Hall–Kier alpha value is -3.83. The number of nitrogens with zero attached hydrogens (tertiary/aromatic N) is 1. The van der Waals surface area contributed by atoms with E-state index in [4.69, 9.17) is 18.9 Å². The molecule has 0 spiro atoms. The van der Waals surface area contributed by atoms with Gasteiger partial charge in [-0.25, -0.2) is 4.79 Å². The number of methoxy groups -OCH3 is 1. The topological polar surface area (TPSA) is 127 Å². The zero-order chi connectivity index (χ0) is 28.6. The number of likely N-dealkylation sites (tertiary alicyclic amines) is 1. The molecule has 5 rings (SSSR count). The summed E-state index contributed by atoms with van der Waals surface area (Å²) in [6.45, 7) is 2.46. The molecular formula is C30H38N4O7. The van der Waals surface area contributed by atoms with Crippen LogP contribution in [0.25, 0.3) is 0 Å². The Bertz CT molecular complexity index is 1240. The highest BCUT2D eigenvalue weighted by molar-refractivity contribution is 5.95. The molecule has 220 valence electrons. The number of hydrogen-bond acceptors (Lipinski definition) is 7. The summed E-state index contributed by atoms with van der Waals surface area (Å²) in [5, 5.41) is 8.65. The fourth-order valence-corrected chi connectivity index (χ4v) is 5.16. The molecule has 1 aliphatic carbocycles. The van der Waals surface area contributed by atoms with E-state index in [0.29, 0.717) is 55.5 Å². The molecule has 0 aromatic heterocycles. The molecule has 0 unspecified atom stereocenters. The molecule has 41 heavy (non-hydrogen) atoms. The number of amides is 4. The predicted molar refractivity (Wildman–Crippen MR) is 150 cm³/mol. The minimum Gasteiger partial charge on any atom is -0.491 e. The molecule has 3 N–H and O–H groups in total. The van der Waals surface area contributed by atoms with E-state index in [2.05, 4.69) is 16.0 Å². The van der Waals surface area contributed by atoms with Crippen LogP contribution in [-0.4, -0.2) is 81.4 Å². The summed E-state index contributed by atoms with van der Waals surface area (Å²) in [5.74, 6) is 1.46. The Morgan fingerprint density at radius 3 is 2.68 bits per heavy atom. The molecule has 4 amide bonds. The maximum absolute atomic E-state index is 13.0. The SMILES string of the molecule is COCCOc1cc2cc(c1)C(=O)NCCNC(=O)N[C@H]1CCN(C(=O)C3CCC3)C[C@@H]1OCc1cccc(c1)O2. The first-order valence-corrected chi connectivity index (χ1v) is 14.2. The van der Waals surface area contributed by atoms with E-state index in [-0.39, 0.29) is 55.6 Å². The van der Waals surface area contributed by atoms with E-state index >= 15 is 0 Å². The van der Waals surface area contributed by atoms with Gasteiger partial charge in [-0.3, -0.25) is 9.59 Å². The summed E-state index contributed by atoms with van der Waals surface area (Å²) in [5.41, 5.74) is 1.24. The number of carbonyl (C=O) groups excluding carboxylic acids is 3. The van der Waals surface area contributed by atoms with Gasteiger partial charge >= 0.3 is 6.03 Å². The van der Waals surface area contributed by atoms with Crippen LogP contribution in [0.3, 0.4) is 0 Å². The summed E-state index contributed by atoms with van der Waals surface area (Å²) in [6, 6.07) is 11.9. The zero-order valence-electron chi connectivity index (χ0n) is 23.4. The van der Waals surface area contributed by atoms with E-state index in [9.17, 15) is 14.4 Å². The van der Waals surface area contributed by atoms with E-state index < -0.39 is 0 Å². The average Bonchev–Trinajstić information content (AvgIpc) is 2.93. The summed E-state index contributed by atoms with van der Waals surface area (Å²) in [4.78, 5) is 40.5. The third kappa shape index (κ3) is 7.68. The van der Waals surface area contributed by atoms with Crippen molar-refractivity contribution in [2.24, 2.45) is 5.92 Å². The Morgan fingerprint density at radius 1 is 1.02 bits per heavy atom. The molecular weight excluding hydrogens is 528 g/mol. The van der Waals surface area contributed by atoms with Crippen LogP contribution in [0, 0.1) is 5.92 Å². The number of piperidine rings is 1. The summed E-state index contributed by atoms with van der Waals surface area (Å²) >= 11 is 0. The van der Waals surface area contributed by atoms with Gasteiger partial charge in [0.15, 0.2) is 0 Å². The van der Waals surface area contributed by atoms with E-state index in [1.54, 1.807) is 25.3 Å². The lowest BCUT2D eigenvalue weighted by Gasteiger charge is -2.41. The predicted octanol–water partition coefficient (Wildman–Crippen LogP) is 2.83. The Morgan fingerprint density at radius 2 is 1.88 bits per heavy atom. The van der Waals surface area contributed by atoms with Crippen molar-refractivity contribution in [1.82, 2.24) is 20.9 Å². The van der Waals surface area contributed by atoms with E-state index in [0.717, 1.165) is 24.8 Å². The maximum Gasteiger partial charge on any atom is 0.315 e. The third-order valence-electron chi connectivity index (χ3n) is 7.63. The van der Waals surface area contributed by atoms with E-state index in [1.807, 2.05) is 29.2 Å². The standard InChI is InChI=1S/C30H38N4O7/c1-38-12-13-39-24-15-22-16-25(17-24)41-23-7-2-4-20(14-23)19-40-27-18-34(29(36)21-5-3-6-21)11-8-26(27)33-30(37)32-10-9-31-28(22)35/h2,4,7,14-17,21,26-27H,3,5-6,8-13,18-19H2,1H3,(H,31,35)(H2,32,33,37)/t26-,27-/m0/s1. The zero-order valence-corrected chi connectivity index (χ0v) is 23.4. The number of nitrogens with one attached hydrogen (secondary N) is 3. The van der Waals surface area contributed by atoms with Gasteiger partial charge in [0.25, 0.3) is 5.91 Å². The molecule has 11 heteroatoms. The molecule has 11 nitrogen and oxygen atoms in total. The first-order valence-electron chi connectivity index (χ1n) is 14.2. The van der Waals surface area contributed by atoms with Gasteiger partial charge in [0.05, 0.1) is 25.4 Å². The molecule has 2 aliphatic heterocycles. The molecule has 2 heterocycles. The van der Waals surface area contributed by atoms with Crippen LogP contribution in [0.5, 0.6) is 17.2 Å². The van der Waals surface area contributed by atoms with Crippen molar-refractivity contribution >= 4 is 17.8 Å². The summed E-state index contributed by atoms with van der Waals surface area (Å²) in [7, 11) is 1.59. The van der Waals surface area contributed by atoms with Gasteiger partial charge in [-0.05, 0) is 49.1 Å². The fourth-order valence-electron chi connectivity index (χ4n) is 5.16. The minimum atomic E-state index is -0.370. The molecule has 2 aromatic carbocycles. The fraction of sp³-hybridized carbons (Fsp3) is 0.500. The van der Waals surface area contributed by atoms with Crippen LogP contribution in [0.2, 0.25) is 0 Å². The Kier molecular flexibility index (Phi) is 9.58. The number of benzene rings is 2. The number of rotatable bonds is 5. The molecule has 1 saturated carbocycles. The first-order chi connectivity index (χ1) is 20.0. The highest BCUT2D eigenvalue weighted by atomic mass is 16.5. The molecule has 0 radical (unpaired) electrons. The first kappa shape index (κ1) is 28.7. The van der Waals surface area contributed by atoms with Crippen LogP contribution in [-0.2, 0) is 20.9 Å². The minimum absolute atomic E-state index is 0.107. The summed E-state index contributed by atoms with van der Waals surface area (Å²) < 4.78 is 23.3. The van der Waals surface area contributed by atoms with Crippen LogP contribution in [0.15, 0.2) is 42.5 Å². The lowest BCUT2D eigenvalue weighted by Crippen LogP contribution is -2.58. The normalized spacial score (nSPS) is 21.9. The van der Waals surface area contributed by atoms with Crippen molar-refractivity contribution < 1.29 is 33.3 Å². The number of ether oxygens (including phenoxy) is 4. The van der Waals surface area contributed by atoms with Gasteiger partial charge in [0.2, 0.25) is 5.91 Å². The third-order valence-corrected chi connectivity index (χ3v) is 7.63. The largest absolute Gasteiger partial charge is 0.491 e. The number of urea groups is 1. The second-order valence-corrected chi connectivity index (χ2v) is 10.6. The van der Waals surface area contributed by atoms with Crippen molar-refractivity contribution in [2.75, 3.05) is 46.5 Å². The number of hydrogen-bond donors (Lipinski definition) is 3. The van der Waals surface area contributed by atoms with Gasteiger partial charge in [0.1, 0.15) is 23.9 Å². The van der Waals surface area contributed by atoms with Crippen molar-refractivity contribution in [3.8, 4) is 17.2 Å². The molecule has 3 aliphatic rings. The van der Waals surface area contributed by atoms with Crippen LogP contribution >= 0.6 is 0 Å². The van der Waals surface area contributed by atoms with Crippen molar-refractivity contribution in [3.05, 3.63) is 53.6 Å². The number of carbonyl (C=O) groups is 3. The van der Waals surface area contributed by atoms with Gasteiger partial charge in [0, 0.05) is 50.8 Å². The molecule has 4 bridgehead atoms. The van der Waals surface area contributed by atoms with Crippen molar-refractivity contribution in [3.63, 3.8) is 0 Å². The maximum atomic E-state index is 13.0. The smallest absolute Gasteiger partial charge is 0.315 e. The lowest BCUT2D eigenvalue weighted by molar-refractivity contribution is -0.143. The Labute approximate surface area is 239 Å². The second kappa shape index (κ2) is 13.7. The molecule has 2 fully saturated rings. The molecule has 1 saturated heterocycles. The van der Waals surface area contributed by atoms with Crippen LogP contribution < -0.4 is 25.4 Å². The van der Waals surface area contributed by atoms with Gasteiger partial charge in [-0.15, -0.1) is 0 Å². The van der Waals surface area contributed by atoms with E-state index in [1.165, 1.54) is 0 Å².